The van der Waals surface area contributed by atoms with E-state index in [-0.39, 0.29) is 19.3 Å². The molecule has 0 radical (unpaired) electrons. The Kier molecular flexibility index (Phi) is 7.87. The van der Waals surface area contributed by atoms with Crippen LogP contribution in [0, 0.1) is 5.92 Å². The first kappa shape index (κ1) is 20.7. The first-order valence-electron chi connectivity index (χ1n) is 7.71. The van der Waals surface area contributed by atoms with Crippen LogP contribution >= 0.6 is 0 Å². The fourth-order valence-corrected chi connectivity index (χ4v) is 2.07. The summed E-state index contributed by atoms with van der Waals surface area (Å²) >= 11 is 0. The van der Waals surface area contributed by atoms with Crippen LogP contribution in [0.3, 0.4) is 0 Å². The number of carbonyl (C=O) groups is 2. The zero-order valence-corrected chi connectivity index (χ0v) is 15.2. The molecule has 1 amide bonds. The van der Waals surface area contributed by atoms with Crippen LogP contribution in [-0.2, 0) is 19.0 Å². The number of amides is 1. The second-order valence-electron chi connectivity index (χ2n) is 6.50. The number of carbonyl (C=O) groups excluding carboxylic acids is 2. The normalized spacial score (nSPS) is 15.6. The Morgan fingerprint density at radius 3 is 2.05 bits per heavy atom. The number of hydrogen-bond acceptors (Lipinski definition) is 5. The van der Waals surface area contributed by atoms with Crippen molar-refractivity contribution in [1.29, 1.82) is 0 Å². The Morgan fingerprint density at radius 1 is 1.14 bits per heavy atom. The molecule has 6 nitrogen and oxygen atoms in total. The molecule has 0 aliphatic heterocycles. The van der Waals surface area contributed by atoms with Gasteiger partial charge >= 0.3 is 12.1 Å². The van der Waals surface area contributed by atoms with Crippen molar-refractivity contribution in [3.8, 4) is 0 Å². The number of methoxy groups -OCH3 is 1. The largest absolute Gasteiger partial charge is 0.464 e. The van der Waals surface area contributed by atoms with E-state index in [1.54, 1.807) is 34.6 Å². The zero-order valence-electron chi connectivity index (χ0n) is 15.2. The van der Waals surface area contributed by atoms with Gasteiger partial charge in [0.25, 0.3) is 0 Å². The van der Waals surface area contributed by atoms with Crippen molar-refractivity contribution in [3.05, 3.63) is 0 Å². The van der Waals surface area contributed by atoms with Gasteiger partial charge in [0.05, 0.1) is 6.61 Å². The molecule has 0 aromatic rings. The van der Waals surface area contributed by atoms with Gasteiger partial charge in [0, 0.05) is 7.11 Å². The molecule has 0 spiro atoms. The molecule has 0 aromatic carbocycles. The third kappa shape index (κ3) is 5.16. The quantitative estimate of drug-likeness (QED) is 0.533. The Bertz CT molecular complexity index is 377. The Hall–Kier alpha value is -1.30. The first-order chi connectivity index (χ1) is 10.0. The topological polar surface area (TPSA) is 65.1 Å². The highest BCUT2D eigenvalue weighted by Gasteiger charge is 2.48. The van der Waals surface area contributed by atoms with Gasteiger partial charge in [-0.3, -0.25) is 4.90 Å². The van der Waals surface area contributed by atoms with Crippen molar-refractivity contribution in [2.75, 3.05) is 20.4 Å². The van der Waals surface area contributed by atoms with E-state index in [2.05, 4.69) is 0 Å². The van der Waals surface area contributed by atoms with Crippen LogP contribution in [0.2, 0.25) is 0 Å². The van der Waals surface area contributed by atoms with E-state index in [0.29, 0.717) is 6.42 Å². The number of rotatable bonds is 7. The van der Waals surface area contributed by atoms with Gasteiger partial charge in [0.1, 0.15) is 17.9 Å². The van der Waals surface area contributed by atoms with Crippen molar-refractivity contribution in [2.45, 2.75) is 66.0 Å². The molecule has 0 fully saturated rings. The molecule has 0 aliphatic rings. The molecule has 0 saturated heterocycles. The molecule has 0 saturated carbocycles. The van der Waals surface area contributed by atoms with Crippen LogP contribution in [0.1, 0.15) is 54.9 Å². The number of ether oxygens (including phenoxy) is 3. The van der Waals surface area contributed by atoms with E-state index < -0.39 is 23.2 Å². The minimum Gasteiger partial charge on any atom is -0.464 e. The van der Waals surface area contributed by atoms with Crippen LogP contribution in [0.4, 0.5) is 4.79 Å². The molecule has 0 heterocycles. The average Bonchev–Trinajstić information content (AvgIpc) is 2.41. The van der Waals surface area contributed by atoms with Crippen LogP contribution in [0.5, 0.6) is 0 Å². The number of esters is 1. The molecule has 0 aliphatic carbocycles. The maximum atomic E-state index is 12.5. The number of hydrogen-bond donors (Lipinski definition) is 0. The fraction of sp³-hybridized carbons (Fsp3) is 0.875. The van der Waals surface area contributed by atoms with E-state index in [1.807, 2.05) is 13.8 Å². The lowest BCUT2D eigenvalue weighted by Crippen LogP contribution is -2.60. The third-order valence-corrected chi connectivity index (χ3v) is 3.69. The van der Waals surface area contributed by atoms with Crippen LogP contribution in [-0.4, -0.2) is 48.5 Å². The molecule has 130 valence electrons. The summed E-state index contributed by atoms with van der Waals surface area (Å²) in [7, 11) is 1.47. The van der Waals surface area contributed by atoms with Gasteiger partial charge in [0.2, 0.25) is 0 Å². The van der Waals surface area contributed by atoms with E-state index in [4.69, 9.17) is 14.2 Å². The summed E-state index contributed by atoms with van der Waals surface area (Å²) in [6.45, 7) is 12.8. The summed E-state index contributed by atoms with van der Waals surface area (Å²) in [5.41, 5.74) is -1.81. The zero-order chi connectivity index (χ0) is 17.6. The predicted octanol–water partition coefficient (Wildman–Crippen LogP) is 3.20. The standard InChI is InChI=1S/C16H31NO5/c1-9-12(3)16(7,13(18)21-10-2)17(11-20-8)14(19)22-15(4,5)6/h12H,9-11H2,1-8H3/t12-,16+/m1/s1. The summed E-state index contributed by atoms with van der Waals surface area (Å²) in [5.74, 6) is -0.568. The number of nitrogens with zero attached hydrogens (tertiary/aromatic N) is 1. The van der Waals surface area contributed by atoms with E-state index in [0.717, 1.165) is 0 Å². The monoisotopic (exact) mass is 317 g/mol. The van der Waals surface area contributed by atoms with E-state index in [9.17, 15) is 9.59 Å². The van der Waals surface area contributed by atoms with E-state index >= 15 is 0 Å². The van der Waals surface area contributed by atoms with Gasteiger partial charge in [-0.2, -0.15) is 0 Å². The first-order valence-corrected chi connectivity index (χ1v) is 7.71. The molecule has 0 aromatic heterocycles. The minimum atomic E-state index is -1.15. The van der Waals surface area contributed by atoms with Gasteiger partial charge in [-0.15, -0.1) is 0 Å². The SMILES string of the molecule is CCOC(=O)[C@](C)([C@H](C)CC)N(COC)C(=O)OC(C)(C)C. The van der Waals surface area contributed by atoms with Crippen molar-refractivity contribution >= 4 is 12.1 Å². The summed E-state index contributed by atoms with van der Waals surface area (Å²) in [6, 6.07) is 0. The van der Waals surface area contributed by atoms with Crippen LogP contribution < -0.4 is 0 Å². The van der Waals surface area contributed by atoms with Crippen LogP contribution in [0.15, 0.2) is 0 Å². The second-order valence-corrected chi connectivity index (χ2v) is 6.50. The average molecular weight is 317 g/mol. The maximum Gasteiger partial charge on any atom is 0.413 e. The van der Waals surface area contributed by atoms with Crippen molar-refractivity contribution in [3.63, 3.8) is 0 Å². The molecule has 0 rings (SSSR count). The highest BCUT2D eigenvalue weighted by Crippen LogP contribution is 2.30. The fourth-order valence-electron chi connectivity index (χ4n) is 2.07. The lowest BCUT2D eigenvalue weighted by atomic mass is 9.83. The second kappa shape index (κ2) is 8.36. The summed E-state index contributed by atoms with van der Waals surface area (Å²) in [6.07, 6.45) is 0.114. The Morgan fingerprint density at radius 2 is 1.68 bits per heavy atom. The minimum absolute atomic E-state index is 0.0471. The molecule has 0 bridgehead atoms. The lowest BCUT2D eigenvalue weighted by molar-refractivity contribution is -0.164. The summed E-state index contributed by atoms with van der Waals surface area (Å²) in [4.78, 5) is 26.4. The molecular weight excluding hydrogens is 286 g/mol. The highest BCUT2D eigenvalue weighted by atomic mass is 16.6. The van der Waals surface area contributed by atoms with Gasteiger partial charge in [0.15, 0.2) is 0 Å². The highest BCUT2D eigenvalue weighted by molar-refractivity contribution is 5.85. The van der Waals surface area contributed by atoms with Crippen LogP contribution in [0.25, 0.3) is 0 Å². The van der Waals surface area contributed by atoms with Gasteiger partial charge < -0.3 is 14.2 Å². The Labute approximate surface area is 134 Å². The van der Waals surface area contributed by atoms with Gasteiger partial charge in [-0.1, -0.05) is 20.3 Å². The molecule has 0 N–H and O–H groups in total. The molecule has 0 unspecified atom stereocenters. The molecule has 22 heavy (non-hydrogen) atoms. The van der Waals surface area contributed by atoms with Gasteiger partial charge in [-0.05, 0) is 40.5 Å². The molecular formula is C16H31NO5. The summed E-state index contributed by atoms with van der Waals surface area (Å²) in [5, 5.41) is 0. The third-order valence-electron chi connectivity index (χ3n) is 3.69. The lowest BCUT2D eigenvalue weighted by Gasteiger charge is -2.42. The van der Waals surface area contributed by atoms with E-state index in [1.165, 1.54) is 12.0 Å². The van der Waals surface area contributed by atoms with Crippen molar-refractivity contribution in [2.24, 2.45) is 5.92 Å². The maximum absolute atomic E-state index is 12.5. The molecule has 6 heteroatoms. The Balaban J connectivity index is 5.67. The molecule has 2 atom stereocenters. The van der Waals surface area contributed by atoms with Gasteiger partial charge in [-0.25, -0.2) is 9.59 Å². The van der Waals surface area contributed by atoms with Crippen molar-refractivity contribution in [1.82, 2.24) is 4.90 Å². The smallest absolute Gasteiger partial charge is 0.413 e. The van der Waals surface area contributed by atoms with Crippen molar-refractivity contribution < 1.29 is 23.8 Å². The predicted molar refractivity (Wildman–Crippen MR) is 84.4 cm³/mol. The summed E-state index contributed by atoms with van der Waals surface area (Å²) < 4.78 is 15.7.